The van der Waals surface area contributed by atoms with E-state index in [9.17, 15) is 9.90 Å². The van der Waals surface area contributed by atoms with Crippen LogP contribution in [0.3, 0.4) is 0 Å². The third-order valence-electron chi connectivity index (χ3n) is 6.42. The van der Waals surface area contributed by atoms with E-state index in [0.717, 1.165) is 22.1 Å². The van der Waals surface area contributed by atoms with E-state index < -0.39 is 11.5 Å². The maximum absolute atomic E-state index is 13.0. The standard InChI is InChI=1S/C27H30ClNO4/c1-2-32-26(31)27(21-10-12-22(28)13-11-21)14-16-29(17-15-27)18-23(30)19-33-25-9-5-7-20-6-3-4-8-24(20)25/h3-13,23,30H,2,14-19H2,1H3. The minimum Gasteiger partial charge on any atom is -0.490 e. The lowest BCUT2D eigenvalue weighted by Gasteiger charge is -2.40. The molecule has 0 amide bonds. The second-order valence-corrected chi connectivity index (χ2v) is 8.99. The maximum Gasteiger partial charge on any atom is 0.316 e. The first kappa shape index (κ1) is 23.6. The predicted molar refractivity (Wildman–Crippen MR) is 131 cm³/mol. The van der Waals surface area contributed by atoms with Gasteiger partial charge in [-0.25, -0.2) is 0 Å². The molecule has 0 bridgehead atoms. The molecular formula is C27H30ClNO4. The van der Waals surface area contributed by atoms with Crippen molar-refractivity contribution in [1.82, 2.24) is 4.90 Å². The molecule has 0 aliphatic carbocycles. The molecule has 0 radical (unpaired) electrons. The maximum atomic E-state index is 13.0. The van der Waals surface area contributed by atoms with Crippen LogP contribution in [0, 0.1) is 0 Å². The van der Waals surface area contributed by atoms with Gasteiger partial charge in [0.15, 0.2) is 0 Å². The number of carbonyl (C=O) groups excluding carboxylic acids is 1. The third-order valence-corrected chi connectivity index (χ3v) is 6.67. The molecule has 0 aromatic heterocycles. The van der Waals surface area contributed by atoms with Crippen molar-refractivity contribution in [2.24, 2.45) is 0 Å². The van der Waals surface area contributed by atoms with Gasteiger partial charge in [0, 0.05) is 17.0 Å². The molecule has 5 nitrogen and oxygen atoms in total. The number of aliphatic hydroxyl groups excluding tert-OH is 1. The number of piperidine rings is 1. The normalized spacial score (nSPS) is 16.9. The number of likely N-dealkylation sites (tertiary alicyclic amines) is 1. The third kappa shape index (κ3) is 5.32. The summed E-state index contributed by atoms with van der Waals surface area (Å²) in [5, 5.41) is 13.4. The van der Waals surface area contributed by atoms with Gasteiger partial charge >= 0.3 is 5.97 Å². The van der Waals surface area contributed by atoms with E-state index in [2.05, 4.69) is 4.90 Å². The van der Waals surface area contributed by atoms with Crippen molar-refractivity contribution in [2.75, 3.05) is 32.8 Å². The van der Waals surface area contributed by atoms with Crippen molar-refractivity contribution < 1.29 is 19.4 Å². The highest BCUT2D eigenvalue weighted by Crippen LogP contribution is 2.37. The second kappa shape index (κ2) is 10.6. The molecule has 3 aromatic rings. The number of ether oxygens (including phenoxy) is 2. The van der Waals surface area contributed by atoms with Crippen LogP contribution in [0.1, 0.15) is 25.3 Å². The Morgan fingerprint density at radius 2 is 1.76 bits per heavy atom. The Labute approximate surface area is 199 Å². The summed E-state index contributed by atoms with van der Waals surface area (Å²) in [6, 6.07) is 21.4. The van der Waals surface area contributed by atoms with E-state index in [0.29, 0.717) is 44.1 Å². The van der Waals surface area contributed by atoms with Gasteiger partial charge in [-0.3, -0.25) is 4.79 Å². The highest BCUT2D eigenvalue weighted by atomic mass is 35.5. The van der Waals surface area contributed by atoms with Crippen LogP contribution in [-0.2, 0) is 14.9 Å². The van der Waals surface area contributed by atoms with Crippen LogP contribution in [0.2, 0.25) is 5.02 Å². The molecule has 4 rings (SSSR count). The molecule has 1 heterocycles. The Balaban J connectivity index is 1.37. The summed E-state index contributed by atoms with van der Waals surface area (Å²) >= 11 is 6.06. The molecule has 1 aliphatic heterocycles. The molecule has 0 saturated carbocycles. The van der Waals surface area contributed by atoms with Gasteiger partial charge in [-0.1, -0.05) is 60.1 Å². The van der Waals surface area contributed by atoms with Crippen LogP contribution in [0.25, 0.3) is 10.8 Å². The van der Waals surface area contributed by atoms with E-state index >= 15 is 0 Å². The van der Waals surface area contributed by atoms with Gasteiger partial charge in [-0.15, -0.1) is 0 Å². The number of rotatable bonds is 8. The summed E-state index contributed by atoms with van der Waals surface area (Å²) in [5.41, 5.74) is 0.256. The molecule has 6 heteroatoms. The zero-order chi connectivity index (χ0) is 23.3. The van der Waals surface area contributed by atoms with E-state index in [1.165, 1.54) is 0 Å². The molecule has 0 spiro atoms. The van der Waals surface area contributed by atoms with Crippen LogP contribution >= 0.6 is 11.6 Å². The zero-order valence-electron chi connectivity index (χ0n) is 18.9. The Hall–Kier alpha value is -2.60. The quantitative estimate of drug-likeness (QED) is 0.481. The molecule has 1 unspecified atom stereocenters. The van der Waals surface area contributed by atoms with Crippen LogP contribution in [0.4, 0.5) is 0 Å². The minimum atomic E-state index is -0.679. The highest BCUT2D eigenvalue weighted by Gasteiger charge is 2.44. The lowest BCUT2D eigenvalue weighted by atomic mass is 9.72. The van der Waals surface area contributed by atoms with Gasteiger partial charge in [0.1, 0.15) is 18.5 Å². The summed E-state index contributed by atoms with van der Waals surface area (Å²) < 4.78 is 11.4. The number of carbonyl (C=O) groups is 1. The molecule has 174 valence electrons. The van der Waals surface area contributed by atoms with Crippen LogP contribution in [0.15, 0.2) is 66.7 Å². The fourth-order valence-corrected chi connectivity index (χ4v) is 4.75. The van der Waals surface area contributed by atoms with E-state index in [1.807, 2.05) is 73.7 Å². The molecule has 1 aliphatic rings. The van der Waals surface area contributed by atoms with Crippen molar-refractivity contribution in [2.45, 2.75) is 31.3 Å². The van der Waals surface area contributed by atoms with Crippen LogP contribution in [-0.4, -0.2) is 54.9 Å². The average molecular weight is 468 g/mol. The van der Waals surface area contributed by atoms with Crippen LogP contribution in [0.5, 0.6) is 5.75 Å². The van der Waals surface area contributed by atoms with Crippen molar-refractivity contribution in [3.63, 3.8) is 0 Å². The van der Waals surface area contributed by atoms with E-state index in [4.69, 9.17) is 21.1 Å². The topological polar surface area (TPSA) is 59.0 Å². The summed E-state index contributed by atoms with van der Waals surface area (Å²) in [4.78, 5) is 15.1. The number of nitrogens with zero attached hydrogens (tertiary/aromatic N) is 1. The number of esters is 1. The Morgan fingerprint density at radius 1 is 1.06 bits per heavy atom. The minimum absolute atomic E-state index is 0.188. The number of benzene rings is 3. The molecule has 1 N–H and O–H groups in total. The summed E-state index contributed by atoms with van der Waals surface area (Å²) in [6.07, 6.45) is 0.629. The number of fused-ring (bicyclic) bond motifs is 1. The van der Waals surface area contributed by atoms with Crippen molar-refractivity contribution in [1.29, 1.82) is 0 Å². The fraction of sp³-hybridized carbons (Fsp3) is 0.370. The lowest BCUT2D eigenvalue weighted by Crippen LogP contribution is -2.50. The second-order valence-electron chi connectivity index (χ2n) is 8.55. The number of hydrogen-bond acceptors (Lipinski definition) is 5. The lowest BCUT2D eigenvalue weighted by molar-refractivity contribution is -0.152. The highest BCUT2D eigenvalue weighted by molar-refractivity contribution is 6.30. The van der Waals surface area contributed by atoms with Gasteiger partial charge in [0.25, 0.3) is 0 Å². The largest absolute Gasteiger partial charge is 0.490 e. The number of aliphatic hydroxyl groups is 1. The van der Waals surface area contributed by atoms with Crippen molar-refractivity contribution in [3.05, 3.63) is 77.3 Å². The van der Waals surface area contributed by atoms with Gasteiger partial charge in [-0.2, -0.15) is 0 Å². The average Bonchev–Trinajstić information content (AvgIpc) is 2.84. The van der Waals surface area contributed by atoms with E-state index in [-0.39, 0.29) is 12.6 Å². The molecule has 1 saturated heterocycles. The first-order valence-corrected chi connectivity index (χ1v) is 11.8. The SMILES string of the molecule is CCOC(=O)C1(c2ccc(Cl)cc2)CCN(CC(O)COc2cccc3ccccc23)CC1. The molecule has 1 fully saturated rings. The summed E-state index contributed by atoms with van der Waals surface area (Å²) in [6.45, 7) is 4.26. The monoisotopic (exact) mass is 467 g/mol. The van der Waals surface area contributed by atoms with Gasteiger partial charge in [0.05, 0.1) is 12.0 Å². The van der Waals surface area contributed by atoms with Gasteiger partial charge in [-0.05, 0) is 62.0 Å². The molecule has 3 aromatic carbocycles. The van der Waals surface area contributed by atoms with Crippen LogP contribution < -0.4 is 4.74 Å². The summed E-state index contributed by atoms with van der Waals surface area (Å²) in [7, 11) is 0. The number of hydrogen-bond donors (Lipinski definition) is 1. The number of β-amino-alcohol motifs (C(OH)–C–C–N with tert-alkyl or cyclic N) is 1. The van der Waals surface area contributed by atoms with E-state index in [1.54, 1.807) is 0 Å². The zero-order valence-corrected chi connectivity index (χ0v) is 19.6. The molecule has 1 atom stereocenters. The first-order valence-electron chi connectivity index (χ1n) is 11.5. The predicted octanol–water partition coefficient (Wildman–Crippen LogP) is 4.83. The number of halogens is 1. The first-order chi connectivity index (χ1) is 16.0. The fourth-order valence-electron chi connectivity index (χ4n) is 4.62. The molecule has 33 heavy (non-hydrogen) atoms. The van der Waals surface area contributed by atoms with Gasteiger partial charge < -0.3 is 19.5 Å². The Morgan fingerprint density at radius 3 is 2.48 bits per heavy atom. The Kier molecular flexibility index (Phi) is 7.53. The Bertz CT molecular complexity index is 1070. The van der Waals surface area contributed by atoms with Gasteiger partial charge in [0.2, 0.25) is 0 Å². The summed E-state index contributed by atoms with van der Waals surface area (Å²) in [5.74, 6) is 0.585. The van der Waals surface area contributed by atoms with Crippen molar-refractivity contribution in [3.8, 4) is 5.75 Å². The molecular weight excluding hydrogens is 438 g/mol. The smallest absolute Gasteiger partial charge is 0.316 e. The van der Waals surface area contributed by atoms with Crippen molar-refractivity contribution >= 4 is 28.3 Å².